The molecule has 0 saturated carbocycles. The Morgan fingerprint density at radius 1 is 1.07 bits per heavy atom. The number of nitrogens with zero attached hydrogens (tertiary/aromatic N) is 1. The molecular weight excluding hydrogens is 586 g/mol. The van der Waals surface area contributed by atoms with E-state index in [2.05, 4.69) is 4.90 Å². The van der Waals surface area contributed by atoms with Crippen molar-refractivity contribution in [1.82, 2.24) is 4.90 Å². The maximum Gasteiger partial charge on any atom is 0.349 e. The Morgan fingerprint density at radius 3 is 2.44 bits per heavy atom. The van der Waals surface area contributed by atoms with Gasteiger partial charge in [-0.05, 0) is 51.1 Å². The van der Waals surface area contributed by atoms with Crippen molar-refractivity contribution in [2.75, 3.05) is 13.6 Å². The number of esters is 3. The summed E-state index contributed by atoms with van der Waals surface area (Å²) >= 11 is 0. The van der Waals surface area contributed by atoms with Crippen molar-refractivity contribution < 1.29 is 53.4 Å². The minimum absolute atomic E-state index is 0. The molecule has 2 aromatic rings. The number of hydrogen-bond acceptors (Lipinski definition) is 11. The van der Waals surface area contributed by atoms with Gasteiger partial charge in [-0.15, -0.1) is 0 Å². The van der Waals surface area contributed by atoms with Crippen LogP contribution in [0.5, 0.6) is 11.5 Å². The molecule has 2 aliphatic heterocycles. The quantitative estimate of drug-likeness (QED) is 0.291. The van der Waals surface area contributed by atoms with Crippen LogP contribution < -0.4 is 4.74 Å². The van der Waals surface area contributed by atoms with E-state index in [0.29, 0.717) is 24.9 Å². The van der Waals surface area contributed by atoms with Gasteiger partial charge < -0.3 is 39.2 Å². The molecule has 0 radical (unpaired) electrons. The van der Waals surface area contributed by atoms with Crippen LogP contribution in [0.1, 0.15) is 56.9 Å². The number of carbonyl (C=O) groups is 4. The van der Waals surface area contributed by atoms with Crippen LogP contribution >= 0.6 is 0 Å². The number of phenols is 1. The first-order valence-electron chi connectivity index (χ1n) is 14.4. The molecule has 1 saturated heterocycles. The standard InChI is InChI=1S/C32H33NO11.CH4/c1-16(24(41-17(2)34)30(39)44-25(28(36)37)18-7-5-4-6-8-18)29(38)42-21-11-12-32(40)22-15-19-9-10-20(35)26-23(19)31(32,27(21)43-26)13-14-33(22)3;/h4-11,16,22,24-25,27,35,40H,12-15H2,1-3H3,(H,36,37);1H4/t16-,22-,24-,25+,27+,31+,32-;/m1./s1. The van der Waals surface area contributed by atoms with E-state index in [9.17, 15) is 34.5 Å². The topological polar surface area (TPSA) is 169 Å². The molecule has 0 aromatic heterocycles. The van der Waals surface area contributed by atoms with Gasteiger partial charge >= 0.3 is 23.9 Å². The average molecular weight is 624 g/mol. The van der Waals surface area contributed by atoms with Crippen LogP contribution in [0.2, 0.25) is 0 Å². The monoisotopic (exact) mass is 623 g/mol. The minimum atomic E-state index is -1.82. The summed E-state index contributed by atoms with van der Waals surface area (Å²) in [6.45, 7) is 2.97. The Hall–Kier alpha value is -4.42. The van der Waals surface area contributed by atoms with Gasteiger partial charge in [-0.2, -0.15) is 0 Å². The largest absolute Gasteiger partial charge is 0.504 e. The SMILES string of the molecule is C.CC(=O)O[C@@H](C(=O)O[C@H](C(=O)O)c1ccccc1)[C@@H](C)C(=O)OC1=CC[C@@]2(O)[C@H]3Cc4ccc(O)c5c4[C@@]2(CCN3C)[C@H]1O5. The number of rotatable bonds is 8. The second-order valence-corrected chi connectivity index (χ2v) is 11.9. The summed E-state index contributed by atoms with van der Waals surface area (Å²) in [5, 5.41) is 32.7. The minimum Gasteiger partial charge on any atom is -0.504 e. The van der Waals surface area contributed by atoms with Gasteiger partial charge in [-0.1, -0.05) is 43.8 Å². The molecule has 2 heterocycles. The molecular formula is C33H37NO11. The van der Waals surface area contributed by atoms with Crippen molar-refractivity contribution in [2.45, 2.75) is 75.9 Å². The summed E-state index contributed by atoms with van der Waals surface area (Å²) < 4.78 is 22.5. The van der Waals surface area contributed by atoms with Crippen molar-refractivity contribution in [3.8, 4) is 11.5 Å². The van der Waals surface area contributed by atoms with E-state index in [-0.39, 0.29) is 42.7 Å². The number of aromatic hydroxyl groups is 1. The molecule has 45 heavy (non-hydrogen) atoms. The smallest absolute Gasteiger partial charge is 0.349 e. The molecule has 2 aliphatic carbocycles. The lowest BCUT2D eigenvalue weighted by Crippen LogP contribution is -2.74. The van der Waals surface area contributed by atoms with Gasteiger partial charge in [-0.3, -0.25) is 9.59 Å². The highest BCUT2D eigenvalue weighted by atomic mass is 16.6. The number of piperidine rings is 1. The van der Waals surface area contributed by atoms with Crippen molar-refractivity contribution >= 4 is 23.9 Å². The summed E-state index contributed by atoms with van der Waals surface area (Å²) in [5.41, 5.74) is -0.449. The van der Waals surface area contributed by atoms with Crippen molar-refractivity contribution in [3.63, 3.8) is 0 Å². The van der Waals surface area contributed by atoms with Crippen molar-refractivity contribution in [3.05, 3.63) is 71.0 Å². The second-order valence-electron chi connectivity index (χ2n) is 11.9. The van der Waals surface area contributed by atoms with Gasteiger partial charge in [0, 0.05) is 30.5 Å². The first-order chi connectivity index (χ1) is 20.9. The Kier molecular flexibility index (Phi) is 8.17. The molecule has 4 aliphatic rings. The average Bonchev–Trinajstić information content (AvgIpc) is 3.35. The first kappa shape index (κ1) is 32.0. The zero-order chi connectivity index (χ0) is 31.6. The highest BCUT2D eigenvalue weighted by Crippen LogP contribution is 2.65. The van der Waals surface area contributed by atoms with E-state index in [4.69, 9.17) is 18.9 Å². The fraction of sp³-hybridized carbons (Fsp3) is 0.455. The lowest BCUT2D eigenvalue weighted by atomic mass is 9.50. The molecule has 240 valence electrons. The Labute approximate surface area is 260 Å². The van der Waals surface area contributed by atoms with Crippen LogP contribution in [0.3, 0.4) is 0 Å². The van der Waals surface area contributed by atoms with Crippen LogP contribution in [-0.4, -0.2) is 81.5 Å². The fourth-order valence-electron chi connectivity index (χ4n) is 7.38. The zero-order valence-corrected chi connectivity index (χ0v) is 24.4. The predicted octanol–water partition coefficient (Wildman–Crippen LogP) is 2.79. The number of carbonyl (C=O) groups excluding carboxylic acids is 3. The van der Waals surface area contributed by atoms with E-state index >= 15 is 0 Å². The molecule has 7 atom stereocenters. The van der Waals surface area contributed by atoms with Crippen LogP contribution in [0.15, 0.2) is 54.3 Å². The van der Waals surface area contributed by atoms with Crippen molar-refractivity contribution in [1.29, 1.82) is 0 Å². The third kappa shape index (κ3) is 4.83. The van der Waals surface area contributed by atoms with E-state index < -0.39 is 59.1 Å². The molecule has 0 unspecified atom stereocenters. The molecule has 12 nitrogen and oxygen atoms in total. The summed E-state index contributed by atoms with van der Waals surface area (Å²) in [6, 6.07) is 10.9. The van der Waals surface area contributed by atoms with E-state index in [1.165, 1.54) is 19.1 Å². The summed E-state index contributed by atoms with van der Waals surface area (Å²) in [6.07, 6.45) is -1.73. The third-order valence-electron chi connectivity index (χ3n) is 9.48. The molecule has 2 aromatic carbocycles. The number of benzene rings is 2. The highest BCUT2D eigenvalue weighted by molar-refractivity contribution is 5.88. The van der Waals surface area contributed by atoms with Gasteiger partial charge in [0.25, 0.3) is 0 Å². The number of aliphatic carboxylic acids is 1. The second kappa shape index (κ2) is 11.5. The Balaban J connectivity index is 0.00000400. The molecule has 3 N–H and O–H groups in total. The van der Waals surface area contributed by atoms with Crippen LogP contribution in [0.4, 0.5) is 0 Å². The number of likely N-dealkylation sites (tertiary alicyclic amines) is 1. The van der Waals surface area contributed by atoms with E-state index in [0.717, 1.165) is 12.5 Å². The lowest BCUT2D eigenvalue weighted by molar-refractivity contribution is -0.184. The normalized spacial score (nSPS) is 27.7. The van der Waals surface area contributed by atoms with Gasteiger partial charge in [0.05, 0.1) is 11.0 Å². The maximum atomic E-state index is 13.6. The van der Waals surface area contributed by atoms with Gasteiger partial charge in [0.15, 0.2) is 17.6 Å². The summed E-state index contributed by atoms with van der Waals surface area (Å²) in [7, 11) is 1.95. The zero-order valence-electron chi connectivity index (χ0n) is 24.4. The molecule has 0 amide bonds. The first-order valence-corrected chi connectivity index (χ1v) is 14.4. The van der Waals surface area contributed by atoms with Crippen LogP contribution in [0.25, 0.3) is 0 Å². The van der Waals surface area contributed by atoms with Crippen LogP contribution in [-0.2, 0) is 45.2 Å². The Morgan fingerprint density at radius 2 is 1.78 bits per heavy atom. The summed E-state index contributed by atoms with van der Waals surface area (Å²) in [5.74, 6) is -5.71. The number of carboxylic acids is 1. The molecule has 6 rings (SSSR count). The lowest BCUT2D eigenvalue weighted by Gasteiger charge is -2.61. The maximum absolute atomic E-state index is 13.6. The molecule has 12 heteroatoms. The van der Waals surface area contributed by atoms with Gasteiger partial charge in [-0.25, -0.2) is 9.59 Å². The van der Waals surface area contributed by atoms with Gasteiger partial charge in [0.1, 0.15) is 11.7 Å². The van der Waals surface area contributed by atoms with E-state index in [1.54, 1.807) is 30.3 Å². The van der Waals surface area contributed by atoms with Crippen LogP contribution in [0, 0.1) is 5.92 Å². The third-order valence-corrected chi connectivity index (χ3v) is 9.48. The Bertz CT molecular complexity index is 1570. The molecule has 1 spiro atoms. The van der Waals surface area contributed by atoms with Crippen molar-refractivity contribution in [2.24, 2.45) is 5.92 Å². The number of ether oxygens (including phenoxy) is 4. The number of phenolic OH excluding ortho intramolecular Hbond substituents is 1. The van der Waals surface area contributed by atoms with Gasteiger partial charge in [0.2, 0.25) is 12.2 Å². The number of hydrogen-bond donors (Lipinski definition) is 3. The molecule has 2 bridgehead atoms. The number of carboxylic acid groups (broad SMARTS) is 1. The fourth-order valence-corrected chi connectivity index (χ4v) is 7.38. The number of likely N-dealkylation sites (N-methyl/N-ethyl adjacent to an activating group) is 1. The summed E-state index contributed by atoms with van der Waals surface area (Å²) in [4.78, 5) is 52.7. The molecule has 1 fully saturated rings. The number of aliphatic hydroxyl groups is 1. The highest BCUT2D eigenvalue weighted by Gasteiger charge is 2.72. The predicted molar refractivity (Wildman–Crippen MR) is 157 cm³/mol. The van der Waals surface area contributed by atoms with E-state index in [1.807, 2.05) is 13.1 Å².